The highest BCUT2D eigenvalue weighted by molar-refractivity contribution is 5.69. The maximum atomic E-state index is 11.7. The number of anilines is 1. The number of fused-ring (bicyclic) bond motifs is 1. The van der Waals surface area contributed by atoms with Crippen molar-refractivity contribution in [2.75, 3.05) is 18.5 Å². The predicted molar refractivity (Wildman–Crippen MR) is 67.7 cm³/mol. The Morgan fingerprint density at radius 1 is 1.42 bits per heavy atom. The van der Waals surface area contributed by atoms with E-state index in [4.69, 9.17) is 5.11 Å². The lowest BCUT2D eigenvalue weighted by atomic mass is 9.70. The standard InChI is InChI=1S/C11H15N5O3/c17-2-5-1-7(6(5)3-18)14-11-15-9-8(10(19)16-11)12-4-13-9/h4-7,17-18H,1-3H2,(H3,12,13,14,15,16,19)/t5-,6-,7-/m1/s1. The molecule has 0 bridgehead atoms. The summed E-state index contributed by atoms with van der Waals surface area (Å²) in [6, 6.07) is 0.00157. The number of aliphatic hydroxyl groups is 2. The van der Waals surface area contributed by atoms with Crippen LogP contribution in [0.15, 0.2) is 11.1 Å². The minimum absolute atomic E-state index is 0.00157. The molecule has 5 N–H and O–H groups in total. The lowest BCUT2D eigenvalue weighted by Crippen LogP contribution is -2.50. The molecule has 0 unspecified atom stereocenters. The van der Waals surface area contributed by atoms with Crippen LogP contribution in [0, 0.1) is 11.8 Å². The third-order valence-electron chi connectivity index (χ3n) is 3.74. The van der Waals surface area contributed by atoms with Crippen molar-refractivity contribution >= 4 is 17.1 Å². The van der Waals surface area contributed by atoms with E-state index in [9.17, 15) is 9.90 Å². The molecule has 1 aliphatic rings. The van der Waals surface area contributed by atoms with E-state index in [1.54, 1.807) is 0 Å². The van der Waals surface area contributed by atoms with Crippen molar-refractivity contribution in [3.05, 3.63) is 16.7 Å². The second kappa shape index (κ2) is 4.63. The quantitative estimate of drug-likeness (QED) is 0.485. The van der Waals surface area contributed by atoms with Gasteiger partial charge in [-0.15, -0.1) is 0 Å². The summed E-state index contributed by atoms with van der Waals surface area (Å²) in [7, 11) is 0. The molecule has 8 heteroatoms. The molecule has 0 amide bonds. The van der Waals surface area contributed by atoms with Crippen molar-refractivity contribution in [2.45, 2.75) is 12.5 Å². The second-order valence-electron chi connectivity index (χ2n) is 4.79. The molecule has 2 aromatic heterocycles. The Morgan fingerprint density at radius 3 is 3.00 bits per heavy atom. The number of hydrogen-bond donors (Lipinski definition) is 5. The first kappa shape index (κ1) is 12.1. The van der Waals surface area contributed by atoms with Crippen molar-refractivity contribution in [2.24, 2.45) is 11.8 Å². The van der Waals surface area contributed by atoms with Gasteiger partial charge in [0.05, 0.1) is 6.33 Å². The molecule has 0 spiro atoms. The topological polar surface area (TPSA) is 127 Å². The molecule has 0 aromatic carbocycles. The Labute approximate surface area is 107 Å². The Bertz CT molecular complexity index is 637. The summed E-state index contributed by atoms with van der Waals surface area (Å²) in [6.07, 6.45) is 2.16. The summed E-state index contributed by atoms with van der Waals surface area (Å²) in [4.78, 5) is 25.2. The lowest BCUT2D eigenvalue weighted by Gasteiger charge is -2.43. The number of aliphatic hydroxyl groups excluding tert-OH is 2. The molecule has 1 saturated carbocycles. The van der Waals surface area contributed by atoms with Gasteiger partial charge in [0, 0.05) is 25.2 Å². The van der Waals surface area contributed by atoms with Crippen LogP contribution in [-0.4, -0.2) is 49.4 Å². The molecule has 2 heterocycles. The molecule has 3 rings (SSSR count). The van der Waals surface area contributed by atoms with Crippen LogP contribution in [0.1, 0.15) is 6.42 Å². The van der Waals surface area contributed by atoms with Crippen molar-refractivity contribution in [1.29, 1.82) is 0 Å². The fourth-order valence-corrected chi connectivity index (χ4v) is 2.55. The van der Waals surface area contributed by atoms with Crippen molar-refractivity contribution < 1.29 is 10.2 Å². The first-order chi connectivity index (χ1) is 9.22. The second-order valence-corrected chi connectivity index (χ2v) is 4.79. The van der Waals surface area contributed by atoms with Gasteiger partial charge in [-0.25, -0.2) is 4.98 Å². The minimum Gasteiger partial charge on any atom is -0.396 e. The minimum atomic E-state index is -0.288. The molecular weight excluding hydrogens is 250 g/mol. The molecule has 19 heavy (non-hydrogen) atoms. The number of nitrogens with one attached hydrogen (secondary N) is 3. The molecule has 0 saturated heterocycles. The number of hydrogen-bond acceptors (Lipinski definition) is 6. The van der Waals surface area contributed by atoms with E-state index in [1.807, 2.05) is 0 Å². The van der Waals surface area contributed by atoms with E-state index >= 15 is 0 Å². The number of rotatable bonds is 4. The number of nitrogens with zero attached hydrogens (tertiary/aromatic N) is 2. The van der Waals surface area contributed by atoms with Crippen LogP contribution in [0.5, 0.6) is 0 Å². The first-order valence-electron chi connectivity index (χ1n) is 6.14. The van der Waals surface area contributed by atoms with Crippen LogP contribution < -0.4 is 10.9 Å². The highest BCUT2D eigenvalue weighted by atomic mass is 16.3. The fraction of sp³-hybridized carbons (Fsp3) is 0.545. The van der Waals surface area contributed by atoms with E-state index in [0.29, 0.717) is 17.1 Å². The lowest BCUT2D eigenvalue weighted by molar-refractivity contribution is 0.0326. The van der Waals surface area contributed by atoms with E-state index in [-0.39, 0.29) is 36.7 Å². The predicted octanol–water partition coefficient (Wildman–Crippen LogP) is -0.953. The maximum absolute atomic E-state index is 11.7. The van der Waals surface area contributed by atoms with Gasteiger partial charge in [0.2, 0.25) is 5.95 Å². The molecule has 1 aliphatic carbocycles. The summed E-state index contributed by atoms with van der Waals surface area (Å²) < 4.78 is 0. The number of imidazole rings is 1. The summed E-state index contributed by atoms with van der Waals surface area (Å²) in [6.45, 7) is 0.0591. The van der Waals surface area contributed by atoms with Crippen LogP contribution >= 0.6 is 0 Å². The van der Waals surface area contributed by atoms with Gasteiger partial charge in [0.15, 0.2) is 11.2 Å². The smallest absolute Gasteiger partial charge is 0.278 e. The molecule has 2 aromatic rings. The van der Waals surface area contributed by atoms with Crippen LogP contribution in [0.2, 0.25) is 0 Å². The average Bonchev–Trinajstić information content (AvgIpc) is 2.83. The van der Waals surface area contributed by atoms with Gasteiger partial charge >= 0.3 is 0 Å². The van der Waals surface area contributed by atoms with Gasteiger partial charge in [-0.2, -0.15) is 4.98 Å². The molecular formula is C11H15N5O3. The van der Waals surface area contributed by atoms with Crippen molar-refractivity contribution in [3.8, 4) is 0 Å². The zero-order valence-electron chi connectivity index (χ0n) is 10.1. The fourth-order valence-electron chi connectivity index (χ4n) is 2.55. The zero-order valence-corrected chi connectivity index (χ0v) is 10.1. The van der Waals surface area contributed by atoms with Gasteiger partial charge in [0.25, 0.3) is 5.56 Å². The zero-order chi connectivity index (χ0) is 13.4. The molecule has 1 fully saturated rings. The average molecular weight is 265 g/mol. The summed E-state index contributed by atoms with van der Waals surface area (Å²) in [5.74, 6) is 0.415. The van der Waals surface area contributed by atoms with E-state index in [2.05, 4.69) is 25.3 Å². The summed E-state index contributed by atoms with van der Waals surface area (Å²) >= 11 is 0. The van der Waals surface area contributed by atoms with Crippen molar-refractivity contribution in [1.82, 2.24) is 19.9 Å². The molecule has 102 valence electrons. The van der Waals surface area contributed by atoms with Crippen molar-refractivity contribution in [3.63, 3.8) is 0 Å². The Morgan fingerprint density at radius 2 is 2.26 bits per heavy atom. The Hall–Kier alpha value is -1.93. The SMILES string of the molecule is O=c1[nH]c(N[C@@H]2C[C@H](CO)[C@H]2CO)nc2nc[nH]c12. The molecule has 8 nitrogen and oxygen atoms in total. The monoisotopic (exact) mass is 265 g/mol. The molecule has 0 radical (unpaired) electrons. The Kier molecular flexibility index (Phi) is 2.96. The third-order valence-corrected chi connectivity index (χ3v) is 3.74. The van der Waals surface area contributed by atoms with Gasteiger partial charge in [0.1, 0.15) is 0 Å². The van der Waals surface area contributed by atoms with E-state index < -0.39 is 0 Å². The van der Waals surface area contributed by atoms with Crippen LogP contribution in [0.25, 0.3) is 11.2 Å². The molecule has 3 atom stereocenters. The van der Waals surface area contributed by atoms with Gasteiger partial charge < -0.3 is 20.5 Å². The number of aromatic nitrogens is 4. The Balaban J connectivity index is 1.80. The summed E-state index contributed by atoms with van der Waals surface area (Å²) in [5, 5.41) is 21.4. The van der Waals surface area contributed by atoms with Gasteiger partial charge in [-0.3, -0.25) is 9.78 Å². The first-order valence-corrected chi connectivity index (χ1v) is 6.14. The van der Waals surface area contributed by atoms with Crippen LogP contribution in [0.4, 0.5) is 5.95 Å². The third kappa shape index (κ3) is 1.98. The van der Waals surface area contributed by atoms with Gasteiger partial charge in [-0.05, 0) is 12.3 Å². The highest BCUT2D eigenvalue weighted by Crippen LogP contribution is 2.35. The highest BCUT2D eigenvalue weighted by Gasteiger charge is 2.40. The van der Waals surface area contributed by atoms with Crippen LogP contribution in [0.3, 0.4) is 0 Å². The number of aromatic amines is 2. The number of H-pyrrole nitrogens is 2. The largest absolute Gasteiger partial charge is 0.396 e. The van der Waals surface area contributed by atoms with Gasteiger partial charge in [-0.1, -0.05) is 0 Å². The van der Waals surface area contributed by atoms with Crippen LogP contribution in [-0.2, 0) is 0 Å². The van der Waals surface area contributed by atoms with E-state index in [1.165, 1.54) is 6.33 Å². The molecule has 0 aliphatic heterocycles. The normalized spacial score (nSPS) is 26.3. The summed E-state index contributed by atoms with van der Waals surface area (Å²) in [5.41, 5.74) is 0.402. The maximum Gasteiger partial charge on any atom is 0.278 e. The van der Waals surface area contributed by atoms with E-state index in [0.717, 1.165) is 6.42 Å².